The second-order valence-electron chi connectivity index (χ2n) is 6.72. The number of hydrogen-bond donors (Lipinski definition) is 0. The maximum Gasteiger partial charge on any atom is 0.185 e. The lowest BCUT2D eigenvalue weighted by molar-refractivity contribution is 0.0795. The molecule has 2 aliphatic rings. The van der Waals surface area contributed by atoms with Crippen molar-refractivity contribution in [2.75, 3.05) is 44.3 Å². The van der Waals surface area contributed by atoms with Gasteiger partial charge in [-0.25, -0.2) is 4.98 Å². The lowest BCUT2D eigenvalue weighted by Gasteiger charge is -2.34. The van der Waals surface area contributed by atoms with E-state index < -0.39 is 0 Å². The summed E-state index contributed by atoms with van der Waals surface area (Å²) in [5, 5.41) is 3.43. The molecule has 1 aromatic carbocycles. The molecule has 4 rings (SSSR count). The zero-order chi connectivity index (χ0) is 16.2. The first-order chi connectivity index (χ1) is 11.9. The van der Waals surface area contributed by atoms with Crippen LogP contribution >= 0.6 is 11.3 Å². The minimum absolute atomic E-state index is 0.503. The van der Waals surface area contributed by atoms with Gasteiger partial charge in [-0.05, 0) is 18.4 Å². The molecule has 24 heavy (non-hydrogen) atoms. The molecule has 0 amide bonds. The maximum absolute atomic E-state index is 5.61. The van der Waals surface area contributed by atoms with Crippen LogP contribution in [0.1, 0.15) is 30.0 Å². The summed E-state index contributed by atoms with van der Waals surface area (Å²) in [7, 11) is 0. The third kappa shape index (κ3) is 3.79. The van der Waals surface area contributed by atoms with Gasteiger partial charge in [-0.2, -0.15) is 0 Å². The van der Waals surface area contributed by atoms with E-state index in [0.29, 0.717) is 5.92 Å². The predicted octanol–water partition coefficient (Wildman–Crippen LogP) is 3.36. The van der Waals surface area contributed by atoms with Crippen molar-refractivity contribution in [1.82, 2.24) is 9.88 Å². The lowest BCUT2D eigenvalue weighted by Crippen LogP contribution is -2.45. The van der Waals surface area contributed by atoms with Gasteiger partial charge in [0.25, 0.3) is 0 Å². The summed E-state index contributed by atoms with van der Waals surface area (Å²) in [5.74, 6) is 0.503. The highest BCUT2D eigenvalue weighted by atomic mass is 32.1. The van der Waals surface area contributed by atoms with Gasteiger partial charge >= 0.3 is 0 Å². The van der Waals surface area contributed by atoms with Crippen molar-refractivity contribution in [3.05, 3.63) is 47.0 Å². The van der Waals surface area contributed by atoms with Gasteiger partial charge in [0.1, 0.15) is 0 Å². The molecule has 5 heteroatoms. The molecular weight excluding hydrogens is 318 g/mol. The minimum atomic E-state index is 0.503. The summed E-state index contributed by atoms with van der Waals surface area (Å²) in [6.45, 7) is 7.16. The van der Waals surface area contributed by atoms with E-state index in [4.69, 9.17) is 9.72 Å². The van der Waals surface area contributed by atoms with Crippen LogP contribution in [0.2, 0.25) is 0 Å². The molecule has 0 aliphatic carbocycles. The Morgan fingerprint density at radius 1 is 1.12 bits per heavy atom. The molecule has 0 N–H and O–H groups in total. The van der Waals surface area contributed by atoms with Crippen molar-refractivity contribution >= 4 is 16.5 Å². The fraction of sp³-hybridized carbons (Fsp3) is 0.526. The van der Waals surface area contributed by atoms with E-state index in [1.807, 2.05) is 0 Å². The third-order valence-electron chi connectivity index (χ3n) is 4.98. The zero-order valence-corrected chi connectivity index (χ0v) is 14.9. The van der Waals surface area contributed by atoms with Crippen molar-refractivity contribution in [1.29, 1.82) is 0 Å². The second-order valence-corrected chi connectivity index (χ2v) is 7.55. The molecule has 0 radical (unpaired) electrons. The average Bonchev–Trinajstić information content (AvgIpc) is 3.14. The molecule has 0 spiro atoms. The van der Waals surface area contributed by atoms with Crippen LogP contribution in [0.4, 0.5) is 5.13 Å². The molecule has 128 valence electrons. The molecule has 1 unspecified atom stereocenters. The number of nitrogens with zero attached hydrogens (tertiary/aromatic N) is 3. The third-order valence-corrected chi connectivity index (χ3v) is 5.90. The first-order valence-electron chi connectivity index (χ1n) is 8.93. The number of ether oxygens (including phenoxy) is 1. The van der Waals surface area contributed by atoms with Crippen LogP contribution in [0.15, 0.2) is 35.7 Å². The van der Waals surface area contributed by atoms with Gasteiger partial charge in [-0.1, -0.05) is 30.3 Å². The summed E-state index contributed by atoms with van der Waals surface area (Å²) < 4.78 is 5.61. The Bertz CT molecular complexity index is 631. The molecule has 2 fully saturated rings. The summed E-state index contributed by atoms with van der Waals surface area (Å²) in [6, 6.07) is 10.8. The summed E-state index contributed by atoms with van der Waals surface area (Å²) >= 11 is 1.80. The number of aromatic nitrogens is 1. The first kappa shape index (κ1) is 16.1. The average molecular weight is 343 g/mol. The SMILES string of the molecule is c1ccc(CN2CCN(c3nc(C4CCCOC4)cs3)CC2)cc1. The smallest absolute Gasteiger partial charge is 0.185 e. The van der Waals surface area contributed by atoms with Crippen LogP contribution in [0.5, 0.6) is 0 Å². The number of hydrogen-bond acceptors (Lipinski definition) is 5. The standard InChI is InChI=1S/C19H25N3OS/c1-2-5-16(6-3-1)13-21-8-10-22(11-9-21)19-20-18(15-24-19)17-7-4-12-23-14-17/h1-3,5-6,15,17H,4,7-14H2. The quantitative estimate of drug-likeness (QED) is 0.851. The van der Waals surface area contributed by atoms with Gasteiger partial charge in [0, 0.05) is 50.6 Å². The Morgan fingerprint density at radius 2 is 1.96 bits per heavy atom. The molecular formula is C19H25N3OS. The Morgan fingerprint density at radius 3 is 2.71 bits per heavy atom. The number of benzene rings is 1. The van der Waals surface area contributed by atoms with Crippen LogP contribution < -0.4 is 4.90 Å². The van der Waals surface area contributed by atoms with Gasteiger partial charge in [0.15, 0.2) is 5.13 Å². The zero-order valence-electron chi connectivity index (χ0n) is 14.1. The van der Waals surface area contributed by atoms with E-state index in [9.17, 15) is 0 Å². The molecule has 1 atom stereocenters. The van der Waals surface area contributed by atoms with Crippen LogP contribution in [0, 0.1) is 0 Å². The van der Waals surface area contributed by atoms with Crippen molar-refractivity contribution in [3.8, 4) is 0 Å². The van der Waals surface area contributed by atoms with Crippen LogP contribution in [0.25, 0.3) is 0 Å². The molecule has 3 heterocycles. The summed E-state index contributed by atoms with van der Waals surface area (Å²) in [6.07, 6.45) is 2.38. The molecule has 2 saturated heterocycles. The number of piperazine rings is 1. The molecule has 0 saturated carbocycles. The minimum Gasteiger partial charge on any atom is -0.381 e. The highest BCUT2D eigenvalue weighted by Gasteiger charge is 2.23. The van der Waals surface area contributed by atoms with Crippen molar-refractivity contribution in [2.45, 2.75) is 25.3 Å². The van der Waals surface area contributed by atoms with Crippen LogP contribution in [0.3, 0.4) is 0 Å². The number of thiazole rings is 1. The normalized spacial score (nSPS) is 22.7. The lowest BCUT2D eigenvalue weighted by atomic mass is 10.00. The van der Waals surface area contributed by atoms with E-state index in [1.54, 1.807) is 11.3 Å². The largest absolute Gasteiger partial charge is 0.381 e. The second kappa shape index (κ2) is 7.64. The van der Waals surface area contributed by atoms with Gasteiger partial charge in [-0.3, -0.25) is 4.90 Å². The van der Waals surface area contributed by atoms with Crippen LogP contribution in [-0.4, -0.2) is 49.3 Å². The number of anilines is 1. The van der Waals surface area contributed by atoms with Gasteiger partial charge < -0.3 is 9.64 Å². The monoisotopic (exact) mass is 343 g/mol. The Balaban J connectivity index is 1.32. The van der Waals surface area contributed by atoms with E-state index >= 15 is 0 Å². The topological polar surface area (TPSA) is 28.6 Å². The Hall–Kier alpha value is -1.43. The van der Waals surface area contributed by atoms with Gasteiger partial charge in [0.05, 0.1) is 12.3 Å². The van der Waals surface area contributed by atoms with Crippen molar-refractivity contribution in [3.63, 3.8) is 0 Å². The van der Waals surface area contributed by atoms with Gasteiger partial charge in [0.2, 0.25) is 0 Å². The molecule has 2 aromatic rings. The Labute approximate surface area is 148 Å². The Kier molecular flexibility index (Phi) is 5.11. The van der Waals surface area contributed by atoms with E-state index in [1.165, 1.54) is 22.8 Å². The number of rotatable bonds is 4. The van der Waals surface area contributed by atoms with Gasteiger partial charge in [-0.15, -0.1) is 11.3 Å². The van der Waals surface area contributed by atoms with E-state index in [2.05, 4.69) is 45.5 Å². The van der Waals surface area contributed by atoms with Crippen molar-refractivity contribution < 1.29 is 4.74 Å². The van der Waals surface area contributed by atoms with E-state index in [-0.39, 0.29) is 0 Å². The summed E-state index contributed by atoms with van der Waals surface area (Å²) in [5.41, 5.74) is 2.64. The highest BCUT2D eigenvalue weighted by Crippen LogP contribution is 2.30. The maximum atomic E-state index is 5.61. The molecule has 2 aliphatic heterocycles. The predicted molar refractivity (Wildman–Crippen MR) is 98.8 cm³/mol. The molecule has 0 bridgehead atoms. The van der Waals surface area contributed by atoms with E-state index in [0.717, 1.165) is 52.4 Å². The first-order valence-corrected chi connectivity index (χ1v) is 9.81. The molecule has 4 nitrogen and oxygen atoms in total. The molecule has 1 aromatic heterocycles. The van der Waals surface area contributed by atoms with Crippen molar-refractivity contribution in [2.24, 2.45) is 0 Å². The fourth-order valence-corrected chi connectivity index (χ4v) is 4.48. The fourth-order valence-electron chi connectivity index (χ4n) is 3.52. The summed E-state index contributed by atoms with van der Waals surface area (Å²) in [4.78, 5) is 9.89. The van der Waals surface area contributed by atoms with Crippen LogP contribution in [-0.2, 0) is 11.3 Å². The highest BCUT2D eigenvalue weighted by molar-refractivity contribution is 7.13.